The Hall–Kier alpha value is -2.75. The molecule has 0 saturated heterocycles. The summed E-state index contributed by atoms with van der Waals surface area (Å²) < 4.78 is 2.08. The van der Waals surface area contributed by atoms with Gasteiger partial charge < -0.3 is 4.57 Å². The molecule has 4 nitrogen and oxygen atoms in total. The molecule has 2 aromatic carbocycles. The van der Waals surface area contributed by atoms with E-state index in [0.29, 0.717) is 0 Å². The van der Waals surface area contributed by atoms with Crippen LogP contribution in [0.5, 0.6) is 0 Å². The zero-order valence-electron chi connectivity index (χ0n) is 11.9. The number of hydrogen-bond acceptors (Lipinski definition) is 3. The summed E-state index contributed by atoms with van der Waals surface area (Å²) in [6.07, 6.45) is 1.82. The number of aryl methyl sites for hydroxylation is 2. The maximum absolute atomic E-state index is 4.74. The molecule has 0 amide bonds. The van der Waals surface area contributed by atoms with Gasteiger partial charge in [-0.1, -0.05) is 30.3 Å². The van der Waals surface area contributed by atoms with Gasteiger partial charge in [-0.15, -0.1) is 0 Å². The first kappa shape index (κ1) is 12.0. The highest BCUT2D eigenvalue weighted by atomic mass is 15.1. The molecule has 0 saturated carbocycles. The van der Waals surface area contributed by atoms with Gasteiger partial charge in [0.1, 0.15) is 5.82 Å². The third-order valence-electron chi connectivity index (χ3n) is 3.84. The highest BCUT2D eigenvalue weighted by Crippen LogP contribution is 2.23. The normalized spacial score (nSPS) is 11.3. The number of hydrogen-bond donors (Lipinski definition) is 0. The van der Waals surface area contributed by atoms with E-state index in [1.54, 1.807) is 0 Å². The fraction of sp³-hybridized carbons (Fsp3) is 0.118. The maximum Gasteiger partial charge on any atom is 0.106 e. The highest BCUT2D eigenvalue weighted by Gasteiger charge is 2.08. The number of fused-ring (bicyclic) bond motifs is 2. The lowest BCUT2D eigenvalue weighted by Crippen LogP contribution is -1.92. The molecule has 2 aromatic heterocycles. The van der Waals surface area contributed by atoms with Crippen LogP contribution in [0.15, 0.2) is 48.7 Å². The summed E-state index contributed by atoms with van der Waals surface area (Å²) in [7, 11) is 2.02. The van der Waals surface area contributed by atoms with Crippen molar-refractivity contribution in [3.05, 3.63) is 54.5 Å². The van der Waals surface area contributed by atoms with Crippen LogP contribution in [-0.2, 0) is 7.05 Å². The Bertz CT molecular complexity index is 955. The number of nitrogens with zero attached hydrogens (tertiary/aromatic N) is 4. The second-order valence-electron chi connectivity index (χ2n) is 5.17. The van der Waals surface area contributed by atoms with Crippen LogP contribution < -0.4 is 0 Å². The molecule has 0 N–H and O–H groups in total. The lowest BCUT2D eigenvalue weighted by atomic mass is 10.1. The van der Waals surface area contributed by atoms with E-state index in [9.17, 15) is 0 Å². The third-order valence-corrected chi connectivity index (χ3v) is 3.84. The lowest BCUT2D eigenvalue weighted by molar-refractivity contribution is 0.886. The van der Waals surface area contributed by atoms with Crippen LogP contribution >= 0.6 is 0 Å². The number of imidazole rings is 1. The van der Waals surface area contributed by atoms with Crippen LogP contribution in [0.25, 0.3) is 33.3 Å². The Balaban J connectivity index is 1.98. The Morgan fingerprint density at radius 3 is 2.52 bits per heavy atom. The van der Waals surface area contributed by atoms with Gasteiger partial charge in [0.05, 0.1) is 34.0 Å². The van der Waals surface area contributed by atoms with Crippen LogP contribution in [0, 0.1) is 6.92 Å². The largest absolute Gasteiger partial charge is 0.331 e. The van der Waals surface area contributed by atoms with Gasteiger partial charge in [0.2, 0.25) is 0 Å². The summed E-state index contributed by atoms with van der Waals surface area (Å²) in [5.74, 6) is 0.989. The van der Waals surface area contributed by atoms with Crippen molar-refractivity contribution in [2.24, 2.45) is 7.05 Å². The van der Waals surface area contributed by atoms with Crippen LogP contribution in [0.2, 0.25) is 0 Å². The standard InChI is InChI=1S/C17H14N4/c1-11-19-15-8-13-14(9-17(15)21(11)2)20-16(10-18-13)12-6-4-3-5-7-12/h3-10H,1-2H3. The van der Waals surface area contributed by atoms with E-state index in [1.807, 2.05) is 56.6 Å². The first-order valence-electron chi connectivity index (χ1n) is 6.87. The molecule has 2 heterocycles. The molecule has 4 aromatic rings. The van der Waals surface area contributed by atoms with E-state index in [0.717, 1.165) is 39.1 Å². The predicted octanol–water partition coefficient (Wildman–Crippen LogP) is 3.49. The van der Waals surface area contributed by atoms with Crippen molar-refractivity contribution in [3.63, 3.8) is 0 Å². The lowest BCUT2D eigenvalue weighted by Gasteiger charge is -2.03. The van der Waals surface area contributed by atoms with Gasteiger partial charge in [0, 0.05) is 12.6 Å². The fourth-order valence-corrected chi connectivity index (χ4v) is 2.57. The quantitative estimate of drug-likeness (QED) is 0.533. The highest BCUT2D eigenvalue weighted by molar-refractivity contribution is 5.92. The zero-order chi connectivity index (χ0) is 14.4. The van der Waals surface area contributed by atoms with Gasteiger partial charge in [-0.3, -0.25) is 4.98 Å². The number of aromatic nitrogens is 4. The Morgan fingerprint density at radius 1 is 0.905 bits per heavy atom. The predicted molar refractivity (Wildman–Crippen MR) is 84.0 cm³/mol. The van der Waals surface area contributed by atoms with Gasteiger partial charge in [-0.25, -0.2) is 9.97 Å². The number of rotatable bonds is 1. The van der Waals surface area contributed by atoms with Crippen LogP contribution in [-0.4, -0.2) is 19.5 Å². The van der Waals surface area contributed by atoms with Gasteiger partial charge in [-0.05, 0) is 19.1 Å². The summed E-state index contributed by atoms with van der Waals surface area (Å²) in [5.41, 5.74) is 5.78. The SMILES string of the molecule is Cc1nc2cc3ncc(-c4ccccc4)nc3cc2n1C. The molecule has 0 aliphatic carbocycles. The Labute approximate surface area is 122 Å². The molecule has 0 unspecified atom stereocenters. The summed E-state index contributed by atoms with van der Waals surface area (Å²) in [5, 5.41) is 0. The van der Waals surface area contributed by atoms with Gasteiger partial charge in [0.25, 0.3) is 0 Å². The molecule has 102 valence electrons. The molecule has 0 aliphatic heterocycles. The molecular formula is C17H14N4. The smallest absolute Gasteiger partial charge is 0.106 e. The minimum absolute atomic E-state index is 0.875. The van der Waals surface area contributed by atoms with Gasteiger partial charge >= 0.3 is 0 Å². The van der Waals surface area contributed by atoms with E-state index in [-0.39, 0.29) is 0 Å². The summed E-state index contributed by atoms with van der Waals surface area (Å²) in [6, 6.07) is 14.2. The molecule has 21 heavy (non-hydrogen) atoms. The van der Waals surface area contributed by atoms with Crippen molar-refractivity contribution in [3.8, 4) is 11.3 Å². The maximum atomic E-state index is 4.74. The average Bonchev–Trinajstić information content (AvgIpc) is 2.80. The molecule has 0 spiro atoms. The minimum Gasteiger partial charge on any atom is -0.331 e. The van der Waals surface area contributed by atoms with E-state index in [1.165, 1.54) is 0 Å². The van der Waals surface area contributed by atoms with Gasteiger partial charge in [0.15, 0.2) is 0 Å². The number of benzene rings is 2. The van der Waals surface area contributed by atoms with Crippen molar-refractivity contribution in [1.82, 2.24) is 19.5 Å². The third kappa shape index (κ3) is 1.88. The van der Waals surface area contributed by atoms with Crippen LogP contribution in [0.3, 0.4) is 0 Å². The van der Waals surface area contributed by atoms with Crippen molar-refractivity contribution >= 4 is 22.1 Å². The van der Waals surface area contributed by atoms with E-state index in [4.69, 9.17) is 4.98 Å². The topological polar surface area (TPSA) is 43.6 Å². The summed E-state index contributed by atoms with van der Waals surface area (Å²) in [4.78, 5) is 13.8. The molecule has 4 heteroatoms. The fourth-order valence-electron chi connectivity index (χ4n) is 2.57. The van der Waals surface area contributed by atoms with Gasteiger partial charge in [-0.2, -0.15) is 0 Å². The molecular weight excluding hydrogens is 260 g/mol. The Kier molecular flexibility index (Phi) is 2.51. The Morgan fingerprint density at radius 2 is 1.71 bits per heavy atom. The monoisotopic (exact) mass is 274 g/mol. The van der Waals surface area contributed by atoms with Crippen molar-refractivity contribution in [2.75, 3.05) is 0 Å². The molecule has 0 radical (unpaired) electrons. The van der Waals surface area contributed by atoms with Crippen LogP contribution in [0.4, 0.5) is 0 Å². The zero-order valence-corrected chi connectivity index (χ0v) is 11.9. The summed E-state index contributed by atoms with van der Waals surface area (Å²) >= 11 is 0. The van der Waals surface area contributed by atoms with E-state index in [2.05, 4.69) is 20.6 Å². The minimum atomic E-state index is 0.875. The second-order valence-corrected chi connectivity index (χ2v) is 5.17. The first-order valence-corrected chi connectivity index (χ1v) is 6.87. The first-order chi connectivity index (χ1) is 10.2. The molecule has 0 bridgehead atoms. The van der Waals surface area contributed by atoms with E-state index < -0.39 is 0 Å². The van der Waals surface area contributed by atoms with Crippen LogP contribution in [0.1, 0.15) is 5.82 Å². The molecule has 0 aliphatic rings. The molecule has 0 fully saturated rings. The molecule has 0 atom stereocenters. The van der Waals surface area contributed by atoms with E-state index >= 15 is 0 Å². The van der Waals surface area contributed by atoms with Crippen molar-refractivity contribution in [2.45, 2.75) is 6.92 Å². The van der Waals surface area contributed by atoms with Crippen molar-refractivity contribution in [1.29, 1.82) is 0 Å². The second kappa shape index (κ2) is 4.38. The molecule has 4 rings (SSSR count). The summed E-state index contributed by atoms with van der Waals surface area (Å²) in [6.45, 7) is 2.00. The van der Waals surface area contributed by atoms with Crippen molar-refractivity contribution < 1.29 is 0 Å². The average molecular weight is 274 g/mol.